The molecule has 0 bridgehead atoms. The zero-order chi connectivity index (χ0) is 19.3. The standard InChI is InChI=1S/C20H16ClN5OS/c21-16-6-2-1-5-14(16)12-26-18(8-10-23-26)25-19(27)11-15-13-28-20(24-15)17-7-3-4-9-22-17/h1-10,13H,11-12H2,(H,25,27). The second-order valence-corrected chi connectivity index (χ2v) is 7.31. The van der Waals surface area contributed by atoms with E-state index in [4.69, 9.17) is 11.6 Å². The van der Waals surface area contributed by atoms with Crippen LogP contribution in [0.5, 0.6) is 0 Å². The van der Waals surface area contributed by atoms with E-state index in [2.05, 4.69) is 20.4 Å². The summed E-state index contributed by atoms with van der Waals surface area (Å²) >= 11 is 7.69. The van der Waals surface area contributed by atoms with Crippen molar-refractivity contribution >= 4 is 34.7 Å². The van der Waals surface area contributed by atoms with Gasteiger partial charge in [0.05, 0.1) is 30.6 Å². The molecule has 3 aromatic heterocycles. The van der Waals surface area contributed by atoms with Gasteiger partial charge in [0.25, 0.3) is 0 Å². The molecule has 0 fully saturated rings. The average Bonchev–Trinajstić information content (AvgIpc) is 3.34. The van der Waals surface area contributed by atoms with Gasteiger partial charge < -0.3 is 5.32 Å². The minimum Gasteiger partial charge on any atom is -0.311 e. The Balaban J connectivity index is 1.42. The Morgan fingerprint density at radius 1 is 1.11 bits per heavy atom. The first-order valence-electron chi connectivity index (χ1n) is 8.60. The molecule has 0 aliphatic heterocycles. The van der Waals surface area contributed by atoms with E-state index < -0.39 is 0 Å². The van der Waals surface area contributed by atoms with E-state index in [-0.39, 0.29) is 12.3 Å². The molecule has 0 unspecified atom stereocenters. The maximum Gasteiger partial charge on any atom is 0.231 e. The highest BCUT2D eigenvalue weighted by molar-refractivity contribution is 7.13. The summed E-state index contributed by atoms with van der Waals surface area (Å²) in [6.07, 6.45) is 3.55. The zero-order valence-corrected chi connectivity index (χ0v) is 16.3. The van der Waals surface area contributed by atoms with Crippen LogP contribution in [0.1, 0.15) is 11.3 Å². The molecule has 0 radical (unpaired) electrons. The van der Waals surface area contributed by atoms with Crippen molar-refractivity contribution in [1.82, 2.24) is 19.7 Å². The highest BCUT2D eigenvalue weighted by Crippen LogP contribution is 2.22. The van der Waals surface area contributed by atoms with Gasteiger partial charge in [0.1, 0.15) is 10.8 Å². The number of thiazole rings is 1. The molecule has 0 saturated carbocycles. The smallest absolute Gasteiger partial charge is 0.231 e. The van der Waals surface area contributed by atoms with E-state index in [1.165, 1.54) is 11.3 Å². The fraction of sp³-hybridized carbons (Fsp3) is 0.100. The van der Waals surface area contributed by atoms with E-state index in [1.54, 1.807) is 23.1 Å². The number of hydrogen-bond acceptors (Lipinski definition) is 5. The Bertz CT molecular complexity index is 1090. The van der Waals surface area contributed by atoms with Gasteiger partial charge in [-0.1, -0.05) is 35.9 Å². The van der Waals surface area contributed by atoms with Gasteiger partial charge in [-0.3, -0.25) is 9.78 Å². The van der Waals surface area contributed by atoms with Gasteiger partial charge in [-0.25, -0.2) is 9.67 Å². The second-order valence-electron chi connectivity index (χ2n) is 6.05. The van der Waals surface area contributed by atoms with E-state index in [9.17, 15) is 4.79 Å². The number of carbonyl (C=O) groups excluding carboxylic acids is 1. The molecule has 4 rings (SSSR count). The number of carbonyl (C=O) groups is 1. The molecule has 1 amide bonds. The molecular weight excluding hydrogens is 394 g/mol. The Kier molecular flexibility index (Phi) is 5.45. The van der Waals surface area contributed by atoms with Gasteiger partial charge in [-0.05, 0) is 23.8 Å². The summed E-state index contributed by atoms with van der Waals surface area (Å²) in [7, 11) is 0. The molecule has 1 N–H and O–H groups in total. The normalized spacial score (nSPS) is 10.8. The molecule has 4 aromatic rings. The summed E-state index contributed by atoms with van der Waals surface area (Å²) in [5.74, 6) is 0.462. The molecule has 0 aliphatic rings. The minimum absolute atomic E-state index is 0.154. The number of rotatable bonds is 6. The largest absolute Gasteiger partial charge is 0.311 e. The van der Waals surface area contributed by atoms with Gasteiger partial charge in [0.15, 0.2) is 0 Å². The molecule has 140 valence electrons. The van der Waals surface area contributed by atoms with Crippen molar-refractivity contribution in [2.75, 3.05) is 5.32 Å². The van der Waals surface area contributed by atoms with Crippen molar-refractivity contribution in [2.45, 2.75) is 13.0 Å². The van der Waals surface area contributed by atoms with E-state index in [0.717, 1.165) is 16.3 Å². The van der Waals surface area contributed by atoms with Gasteiger partial charge in [0.2, 0.25) is 5.91 Å². The highest BCUT2D eigenvalue weighted by atomic mass is 35.5. The van der Waals surface area contributed by atoms with Crippen LogP contribution in [0.25, 0.3) is 10.7 Å². The van der Waals surface area contributed by atoms with E-state index in [0.29, 0.717) is 23.1 Å². The molecule has 3 heterocycles. The third kappa shape index (κ3) is 4.27. The van der Waals surface area contributed by atoms with Gasteiger partial charge >= 0.3 is 0 Å². The number of nitrogens with zero attached hydrogens (tertiary/aromatic N) is 4. The van der Waals surface area contributed by atoms with Crippen LogP contribution >= 0.6 is 22.9 Å². The number of halogens is 1. The predicted octanol–water partition coefficient (Wildman–Crippen LogP) is 4.28. The topological polar surface area (TPSA) is 72.7 Å². The second kappa shape index (κ2) is 8.33. The van der Waals surface area contributed by atoms with Crippen molar-refractivity contribution in [2.24, 2.45) is 0 Å². The summed E-state index contributed by atoms with van der Waals surface area (Å²) < 4.78 is 1.71. The monoisotopic (exact) mass is 409 g/mol. The number of anilines is 1. The van der Waals surface area contributed by atoms with Gasteiger partial charge in [-0.2, -0.15) is 5.10 Å². The number of pyridine rings is 1. The lowest BCUT2D eigenvalue weighted by atomic mass is 10.2. The number of aromatic nitrogens is 4. The van der Waals surface area contributed by atoms with Crippen molar-refractivity contribution < 1.29 is 4.79 Å². The molecule has 0 spiro atoms. The van der Waals surface area contributed by atoms with Crippen LogP contribution in [-0.2, 0) is 17.8 Å². The third-order valence-corrected chi connectivity index (χ3v) is 5.32. The lowest BCUT2D eigenvalue weighted by Gasteiger charge is -2.09. The fourth-order valence-corrected chi connectivity index (χ4v) is 3.69. The minimum atomic E-state index is -0.154. The molecule has 28 heavy (non-hydrogen) atoms. The third-order valence-electron chi connectivity index (χ3n) is 4.04. The lowest BCUT2D eigenvalue weighted by Crippen LogP contribution is -2.18. The lowest BCUT2D eigenvalue weighted by molar-refractivity contribution is -0.115. The van der Waals surface area contributed by atoms with Crippen molar-refractivity contribution in [1.29, 1.82) is 0 Å². The Morgan fingerprint density at radius 2 is 1.96 bits per heavy atom. The van der Waals surface area contributed by atoms with Crippen LogP contribution < -0.4 is 5.32 Å². The molecule has 8 heteroatoms. The fourth-order valence-electron chi connectivity index (χ4n) is 2.70. The first-order chi connectivity index (χ1) is 13.7. The predicted molar refractivity (Wildman–Crippen MR) is 110 cm³/mol. The number of benzene rings is 1. The van der Waals surface area contributed by atoms with Gasteiger partial charge in [-0.15, -0.1) is 11.3 Å². The summed E-state index contributed by atoms with van der Waals surface area (Å²) in [5, 5.41) is 10.5. The number of amides is 1. The molecule has 0 atom stereocenters. The Morgan fingerprint density at radius 3 is 2.79 bits per heavy atom. The summed E-state index contributed by atoms with van der Waals surface area (Å²) in [6, 6.07) is 15.0. The van der Waals surface area contributed by atoms with Gasteiger partial charge in [0, 0.05) is 22.7 Å². The van der Waals surface area contributed by atoms with Crippen LogP contribution in [-0.4, -0.2) is 25.7 Å². The van der Waals surface area contributed by atoms with Crippen molar-refractivity contribution in [3.05, 3.63) is 82.6 Å². The summed E-state index contributed by atoms with van der Waals surface area (Å²) in [6.45, 7) is 0.475. The Hall–Kier alpha value is -3.03. The molecule has 1 aromatic carbocycles. The molecular formula is C20H16ClN5OS. The molecule has 0 saturated heterocycles. The van der Waals surface area contributed by atoms with Crippen LogP contribution in [0.2, 0.25) is 5.02 Å². The summed E-state index contributed by atoms with van der Waals surface area (Å²) in [4.78, 5) is 21.3. The maximum absolute atomic E-state index is 12.5. The maximum atomic E-state index is 12.5. The van der Waals surface area contributed by atoms with Crippen molar-refractivity contribution in [3.63, 3.8) is 0 Å². The summed E-state index contributed by atoms with van der Waals surface area (Å²) in [5.41, 5.74) is 2.44. The average molecular weight is 410 g/mol. The van der Waals surface area contributed by atoms with Crippen molar-refractivity contribution in [3.8, 4) is 10.7 Å². The number of nitrogens with one attached hydrogen (secondary N) is 1. The van der Waals surface area contributed by atoms with Crippen LogP contribution in [0.3, 0.4) is 0 Å². The van der Waals surface area contributed by atoms with E-state index >= 15 is 0 Å². The SMILES string of the molecule is O=C(Cc1csc(-c2ccccn2)n1)Nc1ccnn1Cc1ccccc1Cl. The van der Waals surface area contributed by atoms with E-state index in [1.807, 2.05) is 47.8 Å². The number of hydrogen-bond donors (Lipinski definition) is 1. The van der Waals surface area contributed by atoms with Crippen LogP contribution in [0.4, 0.5) is 5.82 Å². The quantitative estimate of drug-likeness (QED) is 0.515. The Labute approximate surface area is 170 Å². The first-order valence-corrected chi connectivity index (χ1v) is 9.85. The molecule has 0 aliphatic carbocycles. The van der Waals surface area contributed by atoms with Crippen LogP contribution in [0, 0.1) is 0 Å². The highest BCUT2D eigenvalue weighted by Gasteiger charge is 2.12. The molecule has 6 nitrogen and oxygen atoms in total. The zero-order valence-electron chi connectivity index (χ0n) is 14.7. The first kappa shape index (κ1) is 18.3. The van der Waals surface area contributed by atoms with Crippen LogP contribution in [0.15, 0.2) is 66.3 Å².